The Bertz CT molecular complexity index is 591. The van der Waals surface area contributed by atoms with Crippen LogP contribution in [0.3, 0.4) is 0 Å². The molecule has 1 aliphatic rings. The van der Waals surface area contributed by atoms with E-state index in [1.165, 1.54) is 16.7 Å². The Morgan fingerprint density at radius 2 is 1.65 bits per heavy atom. The van der Waals surface area contributed by atoms with Gasteiger partial charge in [-0.15, -0.1) is 12.4 Å². The van der Waals surface area contributed by atoms with Crippen molar-refractivity contribution in [1.29, 1.82) is 0 Å². The molecule has 0 saturated carbocycles. The lowest BCUT2D eigenvalue weighted by Crippen LogP contribution is -2.28. The van der Waals surface area contributed by atoms with Gasteiger partial charge < -0.3 is 5.32 Å². The molecule has 1 nitrogen and oxygen atoms in total. The highest BCUT2D eigenvalue weighted by atomic mass is 35.5. The summed E-state index contributed by atoms with van der Waals surface area (Å²) in [4.78, 5) is 0. The molecule has 0 heterocycles. The van der Waals surface area contributed by atoms with Crippen molar-refractivity contribution in [2.24, 2.45) is 0 Å². The van der Waals surface area contributed by atoms with E-state index in [2.05, 4.69) is 72.1 Å². The summed E-state index contributed by atoms with van der Waals surface area (Å²) in [5.41, 5.74) is 4.19. The second-order valence-electron chi connectivity index (χ2n) is 5.11. The lowest BCUT2D eigenvalue weighted by Gasteiger charge is -2.30. The molecule has 0 aromatic heterocycles. The lowest BCUT2D eigenvalue weighted by molar-refractivity contribution is 0.564. The first kappa shape index (κ1) is 14.8. The van der Waals surface area contributed by atoms with Gasteiger partial charge in [0.15, 0.2) is 0 Å². The van der Waals surface area contributed by atoms with Crippen LogP contribution in [0.5, 0.6) is 0 Å². The third-order valence-corrected chi connectivity index (χ3v) is 4.05. The van der Waals surface area contributed by atoms with Crippen LogP contribution >= 0.6 is 12.4 Å². The molecule has 2 aromatic carbocycles. The maximum Gasteiger partial charge on any atom is 0.0403 e. The van der Waals surface area contributed by atoms with Gasteiger partial charge in [-0.2, -0.15) is 0 Å². The number of hydrogen-bond donors (Lipinski definition) is 1. The predicted octanol–water partition coefficient (Wildman–Crippen LogP) is 4.03. The van der Waals surface area contributed by atoms with Crippen LogP contribution < -0.4 is 5.32 Å². The van der Waals surface area contributed by atoms with Gasteiger partial charge in [-0.25, -0.2) is 0 Å². The Hall–Kier alpha value is -1.57. The molecule has 0 amide bonds. The number of hydrogen-bond acceptors (Lipinski definition) is 1. The Labute approximate surface area is 127 Å². The number of nitrogens with one attached hydrogen (secondary N) is 1. The number of allylic oxidation sites excluding steroid dienone is 1. The van der Waals surface area contributed by atoms with Gasteiger partial charge in [-0.1, -0.05) is 66.7 Å². The highest BCUT2D eigenvalue weighted by molar-refractivity contribution is 5.85. The van der Waals surface area contributed by atoms with E-state index < -0.39 is 0 Å². The molecule has 3 rings (SSSR count). The average molecular weight is 286 g/mol. The quantitative estimate of drug-likeness (QED) is 0.894. The Morgan fingerprint density at radius 1 is 0.950 bits per heavy atom. The summed E-state index contributed by atoms with van der Waals surface area (Å²) < 4.78 is 0. The van der Waals surface area contributed by atoms with E-state index in [1.54, 1.807) is 0 Å². The molecule has 0 aliphatic heterocycles. The van der Waals surface area contributed by atoms with Crippen LogP contribution in [0.2, 0.25) is 0 Å². The number of benzene rings is 2. The van der Waals surface area contributed by atoms with Gasteiger partial charge >= 0.3 is 0 Å². The smallest absolute Gasteiger partial charge is 0.0403 e. The fourth-order valence-corrected chi connectivity index (χ4v) is 3.04. The van der Waals surface area contributed by atoms with Crippen LogP contribution in [0, 0.1) is 0 Å². The molecule has 20 heavy (non-hydrogen) atoms. The Balaban J connectivity index is 0.00000147. The normalized spacial score (nSPS) is 19.4. The average Bonchev–Trinajstić information content (AvgIpc) is 2.86. The van der Waals surface area contributed by atoms with E-state index in [9.17, 15) is 0 Å². The summed E-state index contributed by atoms with van der Waals surface area (Å²) in [6, 6.07) is 19.5. The van der Waals surface area contributed by atoms with Crippen molar-refractivity contribution in [3.05, 3.63) is 77.4 Å². The fraction of sp³-hybridized carbons (Fsp3) is 0.222. The van der Waals surface area contributed by atoms with E-state index in [0.29, 0.717) is 0 Å². The summed E-state index contributed by atoms with van der Waals surface area (Å²) in [5, 5.41) is 3.29. The van der Waals surface area contributed by atoms with Crippen molar-refractivity contribution in [2.45, 2.75) is 11.8 Å². The second-order valence-corrected chi connectivity index (χ2v) is 5.11. The fourth-order valence-electron chi connectivity index (χ4n) is 3.04. The summed E-state index contributed by atoms with van der Waals surface area (Å²) in [7, 11) is 2.02. The molecule has 0 spiro atoms. The van der Waals surface area contributed by atoms with E-state index >= 15 is 0 Å². The van der Waals surface area contributed by atoms with Crippen LogP contribution in [-0.2, 0) is 5.41 Å². The summed E-state index contributed by atoms with van der Waals surface area (Å²) >= 11 is 0. The number of halogens is 1. The van der Waals surface area contributed by atoms with Crippen LogP contribution in [0.15, 0.2) is 60.7 Å². The van der Waals surface area contributed by atoms with Gasteiger partial charge in [0.1, 0.15) is 0 Å². The molecule has 0 bridgehead atoms. The molecule has 1 N–H and O–H groups in total. The highest BCUT2D eigenvalue weighted by Gasteiger charge is 2.35. The van der Waals surface area contributed by atoms with Gasteiger partial charge in [0.25, 0.3) is 0 Å². The van der Waals surface area contributed by atoms with Crippen molar-refractivity contribution in [3.8, 4) is 0 Å². The topological polar surface area (TPSA) is 12.0 Å². The van der Waals surface area contributed by atoms with Crippen LogP contribution in [0.25, 0.3) is 6.08 Å². The zero-order valence-electron chi connectivity index (χ0n) is 11.7. The van der Waals surface area contributed by atoms with Gasteiger partial charge in [0.2, 0.25) is 0 Å². The van der Waals surface area contributed by atoms with Gasteiger partial charge in [0, 0.05) is 5.41 Å². The Morgan fingerprint density at radius 3 is 2.40 bits per heavy atom. The molecule has 0 radical (unpaired) electrons. The Kier molecular flexibility index (Phi) is 4.64. The minimum absolute atomic E-state index is 0. The molecule has 2 aromatic rings. The molecule has 0 fully saturated rings. The van der Waals surface area contributed by atoms with E-state index in [-0.39, 0.29) is 17.8 Å². The standard InChI is InChI=1S/C18H19N.ClH/c1-19-14-13-18(16-8-3-2-4-9-16)12-11-15-7-5-6-10-17(15)18;/h2-12,19H,13-14H2,1H3;1H. The van der Waals surface area contributed by atoms with Crippen molar-refractivity contribution in [3.63, 3.8) is 0 Å². The molecule has 1 aliphatic carbocycles. The first-order chi connectivity index (χ1) is 9.37. The van der Waals surface area contributed by atoms with Crippen LogP contribution in [-0.4, -0.2) is 13.6 Å². The van der Waals surface area contributed by atoms with Gasteiger partial charge in [0.05, 0.1) is 0 Å². The number of rotatable bonds is 4. The SMILES string of the molecule is CNCCC1(c2ccccc2)C=Cc2ccccc21.Cl. The van der Waals surface area contributed by atoms with Gasteiger partial charge in [-0.05, 0) is 36.7 Å². The van der Waals surface area contributed by atoms with Crippen molar-refractivity contribution in [1.82, 2.24) is 5.32 Å². The predicted molar refractivity (Wildman–Crippen MR) is 88.5 cm³/mol. The largest absolute Gasteiger partial charge is 0.320 e. The van der Waals surface area contributed by atoms with Crippen molar-refractivity contribution < 1.29 is 0 Å². The molecule has 0 saturated heterocycles. The first-order valence-electron chi connectivity index (χ1n) is 6.86. The van der Waals surface area contributed by atoms with Crippen molar-refractivity contribution in [2.75, 3.05) is 13.6 Å². The number of fused-ring (bicyclic) bond motifs is 1. The van der Waals surface area contributed by atoms with Crippen molar-refractivity contribution >= 4 is 18.5 Å². The molecule has 1 atom stereocenters. The maximum absolute atomic E-state index is 3.29. The zero-order chi connectivity index (χ0) is 13.1. The lowest BCUT2D eigenvalue weighted by atomic mass is 9.74. The summed E-state index contributed by atoms with van der Waals surface area (Å²) in [5.74, 6) is 0. The molecule has 104 valence electrons. The van der Waals surface area contributed by atoms with E-state index in [1.807, 2.05) is 7.05 Å². The summed E-state index contributed by atoms with van der Waals surface area (Å²) in [6.45, 7) is 1.01. The minimum Gasteiger partial charge on any atom is -0.320 e. The van der Waals surface area contributed by atoms with E-state index in [4.69, 9.17) is 0 Å². The summed E-state index contributed by atoms with van der Waals surface area (Å²) in [6.07, 6.45) is 5.71. The third kappa shape index (κ3) is 2.39. The van der Waals surface area contributed by atoms with Gasteiger partial charge in [-0.3, -0.25) is 0 Å². The monoisotopic (exact) mass is 285 g/mol. The maximum atomic E-state index is 3.29. The van der Waals surface area contributed by atoms with Crippen LogP contribution in [0.4, 0.5) is 0 Å². The molecular weight excluding hydrogens is 266 g/mol. The second kappa shape index (κ2) is 6.25. The molecule has 2 heteroatoms. The van der Waals surface area contributed by atoms with Crippen LogP contribution in [0.1, 0.15) is 23.1 Å². The minimum atomic E-state index is 0. The highest BCUT2D eigenvalue weighted by Crippen LogP contribution is 2.43. The van der Waals surface area contributed by atoms with E-state index in [0.717, 1.165) is 13.0 Å². The molecular formula is C18H20ClN. The molecule has 1 unspecified atom stereocenters. The zero-order valence-corrected chi connectivity index (χ0v) is 12.5. The first-order valence-corrected chi connectivity index (χ1v) is 6.86. The third-order valence-electron chi connectivity index (χ3n) is 4.05.